The molecular formula is C19H18BNO5. The summed E-state index contributed by atoms with van der Waals surface area (Å²) < 4.78 is 11.1. The third-order valence-electron chi connectivity index (χ3n) is 4.63. The van der Waals surface area contributed by atoms with Gasteiger partial charge in [0, 0.05) is 11.8 Å². The van der Waals surface area contributed by atoms with Gasteiger partial charge in [0.2, 0.25) is 0 Å². The van der Waals surface area contributed by atoms with Gasteiger partial charge < -0.3 is 24.5 Å². The molecule has 3 N–H and O–H groups in total. The molecule has 1 aromatic heterocycles. The van der Waals surface area contributed by atoms with Crippen molar-refractivity contribution >= 4 is 24.0 Å². The van der Waals surface area contributed by atoms with Gasteiger partial charge in [0.05, 0.1) is 12.2 Å². The average molecular weight is 351 g/mol. The Balaban J connectivity index is 1.47. The van der Waals surface area contributed by atoms with E-state index in [-0.39, 0.29) is 12.3 Å². The van der Waals surface area contributed by atoms with E-state index in [4.69, 9.17) is 9.15 Å². The molecule has 7 heteroatoms. The molecule has 6 nitrogen and oxygen atoms in total. The number of para-hydroxylation sites is 2. The van der Waals surface area contributed by atoms with Gasteiger partial charge in [0.1, 0.15) is 11.3 Å². The lowest BCUT2D eigenvalue weighted by Crippen LogP contribution is -2.51. The van der Waals surface area contributed by atoms with Crippen molar-refractivity contribution < 1.29 is 24.0 Å². The van der Waals surface area contributed by atoms with Crippen LogP contribution in [0.5, 0.6) is 5.75 Å². The number of hydrogen-bond acceptors (Lipinski definition) is 5. The van der Waals surface area contributed by atoms with Crippen LogP contribution < -0.4 is 10.1 Å². The first-order valence-electron chi connectivity index (χ1n) is 8.48. The Hall–Kier alpha value is -2.77. The SMILES string of the molecule is O=C(N[C@@H](Cc1coc2ccccc12)B(O)O)[C@@H]1Cc2ccccc2O1. The molecular weight excluding hydrogens is 333 g/mol. The molecule has 2 heterocycles. The molecule has 0 unspecified atom stereocenters. The molecule has 2 atom stereocenters. The van der Waals surface area contributed by atoms with Gasteiger partial charge in [-0.15, -0.1) is 0 Å². The highest BCUT2D eigenvalue weighted by atomic mass is 16.5. The molecule has 4 rings (SSSR count). The van der Waals surface area contributed by atoms with Crippen LogP contribution in [0.4, 0.5) is 0 Å². The lowest BCUT2D eigenvalue weighted by atomic mass is 9.75. The lowest BCUT2D eigenvalue weighted by Gasteiger charge is -2.19. The Bertz CT molecular complexity index is 913. The van der Waals surface area contributed by atoms with E-state index >= 15 is 0 Å². The Kier molecular flexibility index (Phi) is 4.40. The minimum absolute atomic E-state index is 0.236. The van der Waals surface area contributed by atoms with Crippen LogP contribution in [0.25, 0.3) is 11.0 Å². The Morgan fingerprint density at radius 3 is 2.77 bits per heavy atom. The van der Waals surface area contributed by atoms with Crippen molar-refractivity contribution in [3.05, 3.63) is 65.9 Å². The van der Waals surface area contributed by atoms with Gasteiger partial charge in [0.15, 0.2) is 6.10 Å². The van der Waals surface area contributed by atoms with Crippen LogP contribution in [-0.2, 0) is 17.6 Å². The van der Waals surface area contributed by atoms with E-state index in [9.17, 15) is 14.8 Å². The summed E-state index contributed by atoms with van der Waals surface area (Å²) in [7, 11) is -1.70. The molecule has 0 saturated carbocycles. The summed E-state index contributed by atoms with van der Waals surface area (Å²) in [4.78, 5) is 12.5. The lowest BCUT2D eigenvalue weighted by molar-refractivity contribution is -0.127. The molecule has 0 aliphatic carbocycles. The van der Waals surface area contributed by atoms with Crippen molar-refractivity contribution in [3.8, 4) is 5.75 Å². The Labute approximate surface area is 150 Å². The molecule has 0 spiro atoms. The third kappa shape index (κ3) is 3.19. The fourth-order valence-electron chi connectivity index (χ4n) is 3.26. The number of hydrogen-bond donors (Lipinski definition) is 3. The standard InChI is InChI=1S/C19H18BNO5/c22-19(17-9-12-5-1-3-7-15(12)26-17)21-18(20(23)24)10-13-11-25-16-8-4-2-6-14(13)16/h1-8,11,17-18,23-24H,9-10H2,(H,21,22)/t17-,18-/m0/s1. The minimum atomic E-state index is -1.70. The van der Waals surface area contributed by atoms with Crippen LogP contribution in [0, 0.1) is 0 Å². The van der Waals surface area contributed by atoms with E-state index in [2.05, 4.69) is 5.32 Å². The van der Waals surface area contributed by atoms with Gasteiger partial charge in [-0.2, -0.15) is 0 Å². The van der Waals surface area contributed by atoms with E-state index in [1.807, 2.05) is 48.5 Å². The maximum Gasteiger partial charge on any atom is 0.475 e. The van der Waals surface area contributed by atoms with Crippen LogP contribution in [0.3, 0.4) is 0 Å². The van der Waals surface area contributed by atoms with Crippen LogP contribution in [-0.4, -0.2) is 35.1 Å². The molecule has 0 bridgehead atoms. The predicted molar refractivity (Wildman–Crippen MR) is 96.6 cm³/mol. The van der Waals surface area contributed by atoms with Gasteiger partial charge >= 0.3 is 7.12 Å². The van der Waals surface area contributed by atoms with Crippen molar-refractivity contribution in [1.82, 2.24) is 5.32 Å². The van der Waals surface area contributed by atoms with E-state index in [0.29, 0.717) is 12.2 Å². The number of nitrogens with one attached hydrogen (secondary N) is 1. The summed E-state index contributed by atoms with van der Waals surface area (Å²) in [6, 6.07) is 15.0. The fraction of sp³-hybridized carbons (Fsp3) is 0.211. The van der Waals surface area contributed by atoms with Crippen LogP contribution in [0.15, 0.2) is 59.2 Å². The number of amides is 1. The number of furan rings is 1. The molecule has 1 aliphatic heterocycles. The highest BCUT2D eigenvalue weighted by molar-refractivity contribution is 6.43. The second-order valence-corrected chi connectivity index (χ2v) is 6.41. The number of rotatable bonds is 5. The van der Waals surface area contributed by atoms with Crippen molar-refractivity contribution in [2.75, 3.05) is 0 Å². The summed E-state index contributed by atoms with van der Waals surface area (Å²) in [5, 5.41) is 23.0. The van der Waals surface area contributed by atoms with Crippen molar-refractivity contribution in [3.63, 3.8) is 0 Å². The first-order chi connectivity index (χ1) is 12.6. The van der Waals surface area contributed by atoms with Crippen LogP contribution in [0.2, 0.25) is 0 Å². The smallest absolute Gasteiger partial charge is 0.475 e. The second kappa shape index (κ2) is 6.86. The zero-order valence-electron chi connectivity index (χ0n) is 14.0. The quantitative estimate of drug-likeness (QED) is 0.606. The number of ether oxygens (including phenoxy) is 1. The maximum atomic E-state index is 12.5. The molecule has 2 aromatic carbocycles. The molecule has 26 heavy (non-hydrogen) atoms. The van der Waals surface area contributed by atoms with Gasteiger partial charge in [-0.05, 0) is 29.7 Å². The number of carbonyl (C=O) groups excluding carboxylic acids is 1. The molecule has 132 valence electrons. The molecule has 1 amide bonds. The van der Waals surface area contributed by atoms with Crippen molar-refractivity contribution in [2.24, 2.45) is 0 Å². The zero-order valence-corrected chi connectivity index (χ0v) is 14.0. The predicted octanol–water partition coefficient (Wildman–Crippen LogP) is 1.48. The summed E-state index contributed by atoms with van der Waals surface area (Å²) >= 11 is 0. The summed E-state index contributed by atoms with van der Waals surface area (Å²) in [6.07, 6.45) is 1.61. The molecule has 0 saturated heterocycles. The highest BCUT2D eigenvalue weighted by Gasteiger charge is 2.33. The number of fused-ring (bicyclic) bond motifs is 2. The van der Waals surface area contributed by atoms with E-state index in [1.54, 1.807) is 6.26 Å². The van der Waals surface area contributed by atoms with E-state index in [0.717, 1.165) is 22.1 Å². The molecule has 0 radical (unpaired) electrons. The summed E-state index contributed by atoms with van der Waals surface area (Å²) in [5.41, 5.74) is 2.48. The summed E-state index contributed by atoms with van der Waals surface area (Å²) in [6.45, 7) is 0. The maximum absolute atomic E-state index is 12.5. The van der Waals surface area contributed by atoms with Crippen molar-refractivity contribution in [2.45, 2.75) is 24.9 Å². The monoisotopic (exact) mass is 351 g/mol. The minimum Gasteiger partial charge on any atom is -0.480 e. The van der Waals surface area contributed by atoms with Gasteiger partial charge in [0.25, 0.3) is 5.91 Å². The van der Waals surface area contributed by atoms with Gasteiger partial charge in [-0.25, -0.2) is 0 Å². The van der Waals surface area contributed by atoms with Crippen molar-refractivity contribution in [1.29, 1.82) is 0 Å². The first-order valence-corrected chi connectivity index (χ1v) is 8.48. The van der Waals surface area contributed by atoms with Crippen LogP contribution >= 0.6 is 0 Å². The fourth-order valence-corrected chi connectivity index (χ4v) is 3.26. The van der Waals surface area contributed by atoms with E-state index < -0.39 is 19.2 Å². The molecule has 1 aliphatic rings. The molecule has 0 fully saturated rings. The number of benzene rings is 2. The first kappa shape index (κ1) is 16.7. The highest BCUT2D eigenvalue weighted by Crippen LogP contribution is 2.28. The summed E-state index contributed by atoms with van der Waals surface area (Å²) in [5.74, 6) is -0.544. The van der Waals surface area contributed by atoms with Crippen LogP contribution in [0.1, 0.15) is 11.1 Å². The topological polar surface area (TPSA) is 91.9 Å². The van der Waals surface area contributed by atoms with Gasteiger partial charge in [-0.1, -0.05) is 36.4 Å². The second-order valence-electron chi connectivity index (χ2n) is 6.41. The largest absolute Gasteiger partial charge is 0.480 e. The molecule has 3 aromatic rings. The number of carbonyl (C=O) groups is 1. The van der Waals surface area contributed by atoms with E-state index in [1.165, 1.54) is 0 Å². The third-order valence-corrected chi connectivity index (χ3v) is 4.63. The zero-order chi connectivity index (χ0) is 18.1. The Morgan fingerprint density at radius 2 is 1.96 bits per heavy atom. The van der Waals surface area contributed by atoms with Gasteiger partial charge in [-0.3, -0.25) is 4.79 Å². The average Bonchev–Trinajstić information content (AvgIpc) is 3.25. The normalized spacial score (nSPS) is 16.8. The Morgan fingerprint density at radius 1 is 1.19 bits per heavy atom.